The van der Waals surface area contributed by atoms with Gasteiger partial charge < -0.3 is 15.3 Å². The molecule has 0 aromatic carbocycles. The van der Waals surface area contributed by atoms with E-state index < -0.39 is 0 Å². The van der Waals surface area contributed by atoms with E-state index in [1.54, 1.807) is 0 Å². The van der Waals surface area contributed by atoms with Crippen LogP contribution in [0.2, 0.25) is 0 Å². The molecule has 0 aromatic heterocycles. The van der Waals surface area contributed by atoms with Crippen molar-refractivity contribution in [1.29, 1.82) is 0 Å². The summed E-state index contributed by atoms with van der Waals surface area (Å²) in [5.74, 6) is 0.800. The number of aliphatic hydroxyl groups is 1. The van der Waals surface area contributed by atoms with Crippen LogP contribution < -0.4 is 5.32 Å². The average molecular weight is 226 g/mol. The fourth-order valence-corrected chi connectivity index (χ4v) is 2.59. The molecule has 2 N–H and O–H groups in total. The number of nitrogens with one attached hydrogen (secondary N) is 1. The van der Waals surface area contributed by atoms with E-state index in [1.165, 1.54) is 12.8 Å². The topological polar surface area (TPSA) is 52.6 Å². The lowest BCUT2D eigenvalue weighted by atomic mass is 9.95. The summed E-state index contributed by atoms with van der Waals surface area (Å²) < 4.78 is 0. The highest BCUT2D eigenvalue weighted by atomic mass is 16.3. The lowest BCUT2D eigenvalue weighted by Crippen LogP contribution is -2.42. The molecule has 0 aliphatic carbocycles. The Morgan fingerprint density at radius 1 is 1.31 bits per heavy atom. The zero-order chi connectivity index (χ0) is 11.4. The summed E-state index contributed by atoms with van der Waals surface area (Å²) in [7, 11) is 0. The van der Waals surface area contributed by atoms with Crippen LogP contribution in [0.3, 0.4) is 0 Å². The highest BCUT2D eigenvalue weighted by molar-refractivity contribution is 5.76. The zero-order valence-electron chi connectivity index (χ0n) is 9.82. The maximum atomic E-state index is 12.0. The Morgan fingerprint density at radius 2 is 2.06 bits per heavy atom. The van der Waals surface area contributed by atoms with Gasteiger partial charge >= 0.3 is 0 Å². The maximum absolute atomic E-state index is 12.0. The fraction of sp³-hybridized carbons (Fsp3) is 0.917. The monoisotopic (exact) mass is 226 g/mol. The van der Waals surface area contributed by atoms with E-state index in [0.29, 0.717) is 12.3 Å². The van der Waals surface area contributed by atoms with E-state index in [-0.39, 0.29) is 12.0 Å². The highest BCUT2D eigenvalue weighted by Gasteiger charge is 2.24. The minimum absolute atomic E-state index is 0.194. The van der Waals surface area contributed by atoms with Crippen molar-refractivity contribution in [3.63, 3.8) is 0 Å². The Balaban J connectivity index is 1.74. The molecule has 1 amide bonds. The lowest BCUT2D eigenvalue weighted by molar-refractivity contribution is -0.134. The average Bonchev–Trinajstić information content (AvgIpc) is 2.31. The lowest BCUT2D eigenvalue weighted by Gasteiger charge is -2.31. The Bertz CT molecular complexity index is 231. The number of piperidine rings is 2. The van der Waals surface area contributed by atoms with Gasteiger partial charge in [0.25, 0.3) is 0 Å². The van der Waals surface area contributed by atoms with Gasteiger partial charge in [-0.05, 0) is 44.7 Å². The number of carbonyl (C=O) groups is 1. The summed E-state index contributed by atoms with van der Waals surface area (Å²) in [6.45, 7) is 3.56. The summed E-state index contributed by atoms with van der Waals surface area (Å²) in [5, 5.41) is 12.7. The van der Waals surface area contributed by atoms with Gasteiger partial charge in [-0.3, -0.25) is 4.79 Å². The molecule has 1 atom stereocenters. The first-order valence-electron chi connectivity index (χ1n) is 6.42. The Morgan fingerprint density at radius 3 is 2.69 bits per heavy atom. The second-order valence-corrected chi connectivity index (χ2v) is 5.03. The van der Waals surface area contributed by atoms with E-state index in [9.17, 15) is 9.90 Å². The van der Waals surface area contributed by atoms with Crippen LogP contribution in [0, 0.1) is 5.92 Å². The van der Waals surface area contributed by atoms with Crippen molar-refractivity contribution in [1.82, 2.24) is 10.2 Å². The van der Waals surface area contributed by atoms with Crippen LogP contribution >= 0.6 is 0 Å². The second-order valence-electron chi connectivity index (χ2n) is 5.03. The van der Waals surface area contributed by atoms with Gasteiger partial charge in [0.1, 0.15) is 0 Å². The van der Waals surface area contributed by atoms with Crippen molar-refractivity contribution in [2.24, 2.45) is 5.92 Å². The summed E-state index contributed by atoms with van der Waals surface area (Å²) in [6.07, 6.45) is 4.35. The molecule has 2 rings (SSSR count). The van der Waals surface area contributed by atoms with Crippen LogP contribution in [0.25, 0.3) is 0 Å². The van der Waals surface area contributed by atoms with Crippen LogP contribution in [0.4, 0.5) is 0 Å². The molecule has 0 spiro atoms. The normalized spacial score (nSPS) is 28.1. The molecule has 4 nitrogen and oxygen atoms in total. The minimum atomic E-state index is -0.194. The molecule has 0 bridgehead atoms. The number of hydrogen-bond donors (Lipinski definition) is 2. The first kappa shape index (κ1) is 11.9. The number of amides is 1. The third-order valence-electron chi connectivity index (χ3n) is 3.68. The van der Waals surface area contributed by atoms with Crippen LogP contribution in [0.1, 0.15) is 32.1 Å². The van der Waals surface area contributed by atoms with Crippen molar-refractivity contribution in [3.05, 3.63) is 0 Å². The summed E-state index contributed by atoms with van der Waals surface area (Å²) in [5.41, 5.74) is 0. The van der Waals surface area contributed by atoms with Crippen molar-refractivity contribution >= 4 is 5.91 Å². The first-order chi connectivity index (χ1) is 7.75. The molecule has 1 unspecified atom stereocenters. The van der Waals surface area contributed by atoms with Gasteiger partial charge in [-0.25, -0.2) is 0 Å². The van der Waals surface area contributed by atoms with Gasteiger partial charge in [0.15, 0.2) is 0 Å². The molecule has 2 aliphatic heterocycles. The quantitative estimate of drug-likeness (QED) is 0.715. The predicted octanol–water partition coefficient (Wildman–Crippen LogP) is 0.359. The molecule has 92 valence electrons. The summed E-state index contributed by atoms with van der Waals surface area (Å²) in [6, 6.07) is 0. The van der Waals surface area contributed by atoms with Gasteiger partial charge in [-0.1, -0.05) is 0 Å². The molecule has 4 heteroatoms. The molecule has 0 radical (unpaired) electrons. The molecular weight excluding hydrogens is 204 g/mol. The number of rotatable bonds is 2. The SMILES string of the molecule is O=C(CC1CCCNC1)N1CCC(O)CC1. The minimum Gasteiger partial charge on any atom is -0.393 e. The standard InChI is InChI=1S/C12H22N2O2/c15-11-3-6-14(7-4-11)12(16)8-10-2-1-5-13-9-10/h10-11,13,15H,1-9H2. The van der Waals surface area contributed by atoms with E-state index in [0.717, 1.165) is 39.0 Å². The van der Waals surface area contributed by atoms with Crippen LogP contribution in [-0.2, 0) is 4.79 Å². The molecule has 16 heavy (non-hydrogen) atoms. The van der Waals surface area contributed by atoms with Crippen LogP contribution in [-0.4, -0.2) is 48.2 Å². The Kier molecular flexibility index (Phi) is 4.18. The largest absolute Gasteiger partial charge is 0.393 e. The van der Waals surface area contributed by atoms with E-state index in [4.69, 9.17) is 0 Å². The van der Waals surface area contributed by atoms with E-state index in [1.807, 2.05) is 4.90 Å². The zero-order valence-corrected chi connectivity index (χ0v) is 9.82. The molecule has 2 heterocycles. The van der Waals surface area contributed by atoms with Crippen LogP contribution in [0.15, 0.2) is 0 Å². The van der Waals surface area contributed by atoms with Gasteiger partial charge in [0.05, 0.1) is 6.10 Å². The molecular formula is C12H22N2O2. The molecule has 2 fully saturated rings. The summed E-state index contributed by atoms with van der Waals surface area (Å²) in [4.78, 5) is 13.9. The maximum Gasteiger partial charge on any atom is 0.222 e. The van der Waals surface area contributed by atoms with Gasteiger partial charge in [0, 0.05) is 19.5 Å². The number of aliphatic hydroxyl groups excluding tert-OH is 1. The van der Waals surface area contributed by atoms with Crippen molar-refractivity contribution < 1.29 is 9.90 Å². The number of likely N-dealkylation sites (tertiary alicyclic amines) is 1. The van der Waals surface area contributed by atoms with Crippen molar-refractivity contribution in [2.45, 2.75) is 38.2 Å². The third-order valence-corrected chi connectivity index (χ3v) is 3.68. The fourth-order valence-electron chi connectivity index (χ4n) is 2.59. The van der Waals surface area contributed by atoms with Gasteiger partial charge in [0.2, 0.25) is 5.91 Å². The van der Waals surface area contributed by atoms with E-state index in [2.05, 4.69) is 5.32 Å². The number of hydrogen-bond acceptors (Lipinski definition) is 3. The smallest absolute Gasteiger partial charge is 0.222 e. The number of carbonyl (C=O) groups excluding carboxylic acids is 1. The van der Waals surface area contributed by atoms with Gasteiger partial charge in [-0.2, -0.15) is 0 Å². The molecule has 2 saturated heterocycles. The first-order valence-corrected chi connectivity index (χ1v) is 6.42. The van der Waals surface area contributed by atoms with Gasteiger partial charge in [-0.15, -0.1) is 0 Å². The number of nitrogens with zero attached hydrogens (tertiary/aromatic N) is 1. The Hall–Kier alpha value is -0.610. The molecule has 0 aromatic rings. The summed E-state index contributed by atoms with van der Waals surface area (Å²) >= 11 is 0. The predicted molar refractivity (Wildman–Crippen MR) is 62.0 cm³/mol. The second kappa shape index (κ2) is 5.64. The van der Waals surface area contributed by atoms with Crippen LogP contribution in [0.5, 0.6) is 0 Å². The Labute approximate surface area is 97.0 Å². The third kappa shape index (κ3) is 3.19. The van der Waals surface area contributed by atoms with E-state index >= 15 is 0 Å². The molecule has 2 aliphatic rings. The highest BCUT2D eigenvalue weighted by Crippen LogP contribution is 2.17. The van der Waals surface area contributed by atoms with Crippen molar-refractivity contribution in [3.8, 4) is 0 Å². The van der Waals surface area contributed by atoms with Crippen molar-refractivity contribution in [2.75, 3.05) is 26.2 Å². The molecule has 0 saturated carbocycles.